The number of carbonyl (C=O) groups excluding carboxylic acids is 1. The highest BCUT2D eigenvalue weighted by atomic mass is 16.1. The maximum absolute atomic E-state index is 12.7. The van der Waals surface area contributed by atoms with E-state index in [1.54, 1.807) is 11.0 Å². The van der Waals surface area contributed by atoms with Crippen molar-refractivity contribution in [1.29, 1.82) is 0 Å². The van der Waals surface area contributed by atoms with Crippen molar-refractivity contribution in [3.8, 4) is 5.82 Å². The number of amides is 1. The number of hydrogen-bond acceptors (Lipinski definition) is 6. The van der Waals surface area contributed by atoms with Gasteiger partial charge in [0.1, 0.15) is 24.8 Å². The average Bonchev–Trinajstić information content (AvgIpc) is 3.29. The smallest absolute Gasteiger partial charge is 0.223 e. The number of nitrogens with zero attached hydrogens (tertiary/aromatic N) is 6. The van der Waals surface area contributed by atoms with Crippen molar-refractivity contribution in [2.45, 2.75) is 25.8 Å². The highest BCUT2D eigenvalue weighted by Gasteiger charge is 2.26. The highest BCUT2D eigenvalue weighted by molar-refractivity contribution is 5.79. The fourth-order valence-corrected chi connectivity index (χ4v) is 3.49. The van der Waals surface area contributed by atoms with Gasteiger partial charge in [0.2, 0.25) is 5.91 Å². The lowest BCUT2D eigenvalue weighted by atomic mass is 9.95. The molecule has 1 fully saturated rings. The van der Waals surface area contributed by atoms with Crippen LogP contribution in [0.3, 0.4) is 0 Å². The molecule has 1 aromatic carbocycles. The molecular weight excluding hydrogens is 354 g/mol. The molecule has 8 nitrogen and oxygen atoms in total. The third kappa shape index (κ3) is 4.00. The van der Waals surface area contributed by atoms with Gasteiger partial charge in [-0.1, -0.05) is 30.3 Å². The Morgan fingerprint density at radius 1 is 1.11 bits per heavy atom. The summed E-state index contributed by atoms with van der Waals surface area (Å²) in [6.45, 7) is 3.59. The van der Waals surface area contributed by atoms with Gasteiger partial charge in [0.15, 0.2) is 5.82 Å². The minimum absolute atomic E-state index is 0.0128. The van der Waals surface area contributed by atoms with Crippen LogP contribution in [0.15, 0.2) is 55.4 Å². The van der Waals surface area contributed by atoms with Crippen molar-refractivity contribution in [3.63, 3.8) is 0 Å². The van der Waals surface area contributed by atoms with Gasteiger partial charge < -0.3 is 10.2 Å². The van der Waals surface area contributed by atoms with E-state index >= 15 is 0 Å². The molecule has 1 aliphatic rings. The summed E-state index contributed by atoms with van der Waals surface area (Å²) in [6, 6.07) is 11.9. The Morgan fingerprint density at radius 3 is 2.57 bits per heavy atom. The number of carbonyl (C=O) groups is 1. The second kappa shape index (κ2) is 8.16. The first-order valence-corrected chi connectivity index (χ1v) is 9.48. The van der Waals surface area contributed by atoms with E-state index in [1.807, 2.05) is 43.3 Å². The van der Waals surface area contributed by atoms with Crippen molar-refractivity contribution >= 4 is 11.7 Å². The van der Waals surface area contributed by atoms with Gasteiger partial charge >= 0.3 is 0 Å². The molecular formula is C20H23N7O. The molecule has 0 unspecified atom stereocenters. The first-order chi connectivity index (χ1) is 13.7. The van der Waals surface area contributed by atoms with Gasteiger partial charge in [0, 0.05) is 25.1 Å². The zero-order chi connectivity index (χ0) is 19.3. The fraction of sp³-hybridized carbons (Fsp3) is 0.350. The van der Waals surface area contributed by atoms with Crippen LogP contribution in [0, 0.1) is 5.92 Å². The van der Waals surface area contributed by atoms with Crippen LogP contribution < -0.4 is 10.2 Å². The molecule has 3 aromatic rings. The van der Waals surface area contributed by atoms with E-state index in [9.17, 15) is 4.79 Å². The Hall–Kier alpha value is -3.29. The summed E-state index contributed by atoms with van der Waals surface area (Å²) in [7, 11) is 0. The quantitative estimate of drug-likeness (QED) is 0.733. The second-order valence-electron chi connectivity index (χ2n) is 6.98. The third-order valence-corrected chi connectivity index (χ3v) is 5.14. The van der Waals surface area contributed by atoms with Crippen LogP contribution in [0.4, 0.5) is 5.82 Å². The van der Waals surface area contributed by atoms with E-state index < -0.39 is 0 Å². The van der Waals surface area contributed by atoms with Gasteiger partial charge in [0.05, 0.1) is 6.04 Å². The molecule has 0 aliphatic carbocycles. The van der Waals surface area contributed by atoms with Crippen molar-refractivity contribution < 1.29 is 4.79 Å². The minimum Gasteiger partial charge on any atom is -0.356 e. The maximum atomic E-state index is 12.7. The monoisotopic (exact) mass is 377 g/mol. The van der Waals surface area contributed by atoms with Crippen molar-refractivity contribution in [3.05, 3.63) is 60.9 Å². The molecule has 28 heavy (non-hydrogen) atoms. The lowest BCUT2D eigenvalue weighted by molar-refractivity contribution is -0.126. The molecule has 1 saturated heterocycles. The van der Waals surface area contributed by atoms with Crippen molar-refractivity contribution in [2.24, 2.45) is 5.92 Å². The standard InChI is InChI=1S/C20H23N7O/c1-15(16-5-3-2-4-6-16)25-20(28)17-7-9-26(10-8-17)18-11-19(23-13-22-18)27-14-21-12-24-27/h2-6,11-15,17H,7-10H2,1H3,(H,25,28)/t15-/m1/s1. The van der Waals surface area contributed by atoms with E-state index in [4.69, 9.17) is 0 Å². The van der Waals surface area contributed by atoms with E-state index in [0.717, 1.165) is 37.3 Å². The molecule has 4 rings (SSSR count). The van der Waals surface area contributed by atoms with Crippen LogP contribution in [0.1, 0.15) is 31.4 Å². The Bertz CT molecular complexity index is 905. The Balaban J connectivity index is 1.34. The summed E-state index contributed by atoms with van der Waals surface area (Å²) in [6.07, 6.45) is 6.22. The van der Waals surface area contributed by atoms with Crippen molar-refractivity contribution in [2.75, 3.05) is 18.0 Å². The van der Waals surface area contributed by atoms with Crippen LogP contribution in [-0.4, -0.2) is 43.7 Å². The molecule has 144 valence electrons. The van der Waals surface area contributed by atoms with E-state index in [-0.39, 0.29) is 17.9 Å². The van der Waals surface area contributed by atoms with Crippen LogP contribution in [0.25, 0.3) is 5.82 Å². The summed E-state index contributed by atoms with van der Waals surface area (Å²) < 4.78 is 1.61. The molecule has 3 heterocycles. The average molecular weight is 377 g/mol. The number of hydrogen-bond donors (Lipinski definition) is 1. The first-order valence-electron chi connectivity index (χ1n) is 9.48. The van der Waals surface area contributed by atoms with Crippen LogP contribution in [-0.2, 0) is 4.79 Å². The zero-order valence-corrected chi connectivity index (χ0v) is 15.8. The number of rotatable bonds is 5. The molecule has 0 spiro atoms. The van der Waals surface area contributed by atoms with Crippen molar-refractivity contribution in [1.82, 2.24) is 30.0 Å². The Labute approximate surface area is 163 Å². The van der Waals surface area contributed by atoms with Gasteiger partial charge in [0.25, 0.3) is 0 Å². The van der Waals surface area contributed by atoms with E-state index in [2.05, 4.69) is 30.3 Å². The minimum atomic E-state index is 0.0128. The topological polar surface area (TPSA) is 88.8 Å². The number of piperidine rings is 1. The van der Waals surface area contributed by atoms with E-state index in [0.29, 0.717) is 5.82 Å². The van der Waals surface area contributed by atoms with Crippen LogP contribution in [0.2, 0.25) is 0 Å². The normalized spacial score (nSPS) is 16.0. The molecule has 1 amide bonds. The molecule has 0 saturated carbocycles. The maximum Gasteiger partial charge on any atom is 0.223 e. The number of nitrogens with one attached hydrogen (secondary N) is 1. The molecule has 0 bridgehead atoms. The van der Waals surface area contributed by atoms with Gasteiger partial charge in [-0.3, -0.25) is 4.79 Å². The van der Waals surface area contributed by atoms with E-state index in [1.165, 1.54) is 12.7 Å². The van der Waals surface area contributed by atoms with Gasteiger partial charge in [-0.05, 0) is 25.3 Å². The first kappa shape index (κ1) is 18.1. The molecule has 1 N–H and O–H groups in total. The molecule has 0 radical (unpaired) electrons. The van der Waals surface area contributed by atoms with Crippen LogP contribution >= 0.6 is 0 Å². The molecule has 1 atom stereocenters. The van der Waals surface area contributed by atoms with Crippen LogP contribution in [0.5, 0.6) is 0 Å². The summed E-state index contributed by atoms with van der Waals surface area (Å²) >= 11 is 0. The molecule has 2 aromatic heterocycles. The summed E-state index contributed by atoms with van der Waals surface area (Å²) in [5.41, 5.74) is 1.12. The van der Waals surface area contributed by atoms with Gasteiger partial charge in [-0.15, -0.1) is 0 Å². The molecule has 8 heteroatoms. The summed E-state index contributed by atoms with van der Waals surface area (Å²) in [4.78, 5) is 27.4. The summed E-state index contributed by atoms with van der Waals surface area (Å²) in [5, 5.41) is 7.25. The third-order valence-electron chi connectivity index (χ3n) is 5.14. The largest absolute Gasteiger partial charge is 0.356 e. The zero-order valence-electron chi connectivity index (χ0n) is 15.8. The van der Waals surface area contributed by atoms with Gasteiger partial charge in [-0.2, -0.15) is 5.10 Å². The number of anilines is 1. The second-order valence-corrected chi connectivity index (χ2v) is 6.98. The summed E-state index contributed by atoms with van der Waals surface area (Å²) in [5.74, 6) is 1.68. The fourth-order valence-electron chi connectivity index (χ4n) is 3.49. The lowest BCUT2D eigenvalue weighted by Crippen LogP contribution is -2.41. The molecule has 1 aliphatic heterocycles. The predicted molar refractivity (Wildman–Crippen MR) is 105 cm³/mol. The highest BCUT2D eigenvalue weighted by Crippen LogP contribution is 2.23. The SMILES string of the molecule is C[C@@H](NC(=O)C1CCN(c2cc(-n3cncn3)ncn2)CC1)c1ccccc1. The lowest BCUT2D eigenvalue weighted by Gasteiger charge is -2.32. The van der Waals surface area contributed by atoms with Gasteiger partial charge in [-0.25, -0.2) is 19.6 Å². The number of benzene rings is 1. The predicted octanol–water partition coefficient (Wildman–Crippen LogP) is 2.15. The Kier molecular flexibility index (Phi) is 5.27. The number of aromatic nitrogens is 5. The Morgan fingerprint density at radius 2 is 1.86 bits per heavy atom.